The third kappa shape index (κ3) is 5.68. The summed E-state index contributed by atoms with van der Waals surface area (Å²) in [7, 11) is 0. The molecule has 25 heavy (non-hydrogen) atoms. The summed E-state index contributed by atoms with van der Waals surface area (Å²) in [6.45, 7) is 6.95. The molecule has 2 aromatic rings. The Morgan fingerprint density at radius 2 is 1.72 bits per heavy atom. The van der Waals surface area contributed by atoms with Crippen molar-refractivity contribution >= 4 is 12.0 Å². The van der Waals surface area contributed by atoms with Crippen molar-refractivity contribution in [2.24, 2.45) is 0 Å². The van der Waals surface area contributed by atoms with Crippen LogP contribution in [0.1, 0.15) is 37.9 Å². The third-order valence-corrected chi connectivity index (χ3v) is 3.65. The Labute approximate surface area is 149 Å². The fourth-order valence-electron chi connectivity index (χ4n) is 2.42. The highest BCUT2D eigenvalue weighted by Gasteiger charge is 2.12. The van der Waals surface area contributed by atoms with E-state index in [2.05, 4.69) is 5.32 Å². The molecule has 1 amide bonds. The van der Waals surface area contributed by atoms with E-state index in [-0.39, 0.29) is 11.9 Å². The molecule has 2 rings (SSSR count). The van der Waals surface area contributed by atoms with E-state index in [9.17, 15) is 4.79 Å². The zero-order chi connectivity index (χ0) is 18.1. The largest absolute Gasteiger partial charge is 0.490 e. The summed E-state index contributed by atoms with van der Waals surface area (Å²) in [5.74, 6) is 1.28. The fraction of sp³-hybridized carbons (Fsp3) is 0.286. The second-order valence-electron chi connectivity index (χ2n) is 5.55. The van der Waals surface area contributed by atoms with Crippen LogP contribution in [0, 0.1) is 0 Å². The van der Waals surface area contributed by atoms with Crippen LogP contribution in [0.2, 0.25) is 0 Å². The van der Waals surface area contributed by atoms with E-state index in [0.717, 1.165) is 16.9 Å². The maximum absolute atomic E-state index is 12.1. The number of rotatable bonds is 8. The smallest absolute Gasteiger partial charge is 0.244 e. The molecule has 0 aromatic heterocycles. The maximum atomic E-state index is 12.1. The Bertz CT molecular complexity index is 710. The maximum Gasteiger partial charge on any atom is 0.244 e. The Balaban J connectivity index is 2.04. The number of carbonyl (C=O) groups is 1. The molecule has 4 heteroatoms. The quantitative estimate of drug-likeness (QED) is 0.726. The van der Waals surface area contributed by atoms with Crippen molar-refractivity contribution in [2.75, 3.05) is 13.2 Å². The minimum atomic E-state index is -0.136. The first-order valence-corrected chi connectivity index (χ1v) is 8.57. The van der Waals surface area contributed by atoms with Crippen molar-refractivity contribution in [3.63, 3.8) is 0 Å². The van der Waals surface area contributed by atoms with Crippen molar-refractivity contribution in [1.29, 1.82) is 0 Å². The molecule has 2 aromatic carbocycles. The number of ether oxygens (including phenoxy) is 2. The lowest BCUT2D eigenvalue weighted by atomic mass is 10.1. The number of hydrogen-bond acceptors (Lipinski definition) is 3. The van der Waals surface area contributed by atoms with Gasteiger partial charge in [-0.05, 0) is 50.1 Å². The van der Waals surface area contributed by atoms with Crippen LogP contribution in [-0.4, -0.2) is 19.1 Å². The summed E-state index contributed by atoms with van der Waals surface area (Å²) in [4.78, 5) is 12.1. The van der Waals surface area contributed by atoms with Gasteiger partial charge in [0.05, 0.1) is 19.3 Å². The van der Waals surface area contributed by atoms with Gasteiger partial charge in [0, 0.05) is 6.08 Å². The van der Waals surface area contributed by atoms with Gasteiger partial charge in [-0.15, -0.1) is 0 Å². The van der Waals surface area contributed by atoms with Crippen LogP contribution < -0.4 is 14.8 Å². The zero-order valence-electron chi connectivity index (χ0n) is 15.0. The van der Waals surface area contributed by atoms with Crippen LogP contribution >= 0.6 is 0 Å². The Morgan fingerprint density at radius 3 is 2.40 bits per heavy atom. The summed E-state index contributed by atoms with van der Waals surface area (Å²) in [5, 5.41) is 2.97. The Hall–Kier alpha value is -2.75. The molecule has 1 unspecified atom stereocenters. The van der Waals surface area contributed by atoms with Crippen LogP contribution in [-0.2, 0) is 4.79 Å². The molecule has 1 N–H and O–H groups in total. The molecular weight excluding hydrogens is 314 g/mol. The molecule has 0 spiro atoms. The van der Waals surface area contributed by atoms with Gasteiger partial charge in [0.15, 0.2) is 11.5 Å². The van der Waals surface area contributed by atoms with Gasteiger partial charge in [0.1, 0.15) is 0 Å². The highest BCUT2D eigenvalue weighted by atomic mass is 16.5. The molecule has 0 aliphatic carbocycles. The molecular formula is C21H25NO3. The third-order valence-electron chi connectivity index (χ3n) is 3.65. The molecule has 0 saturated heterocycles. The van der Waals surface area contributed by atoms with Crippen LogP contribution in [0.5, 0.6) is 11.5 Å². The van der Waals surface area contributed by atoms with Gasteiger partial charge in [-0.1, -0.05) is 36.4 Å². The SMILES string of the molecule is CCOc1ccc(C(C)NC(=O)/C=C/c2ccccc2)cc1OCC. The molecule has 0 aliphatic heterocycles. The lowest BCUT2D eigenvalue weighted by Gasteiger charge is -2.17. The molecule has 0 radical (unpaired) electrons. The summed E-state index contributed by atoms with van der Waals surface area (Å²) in [6.07, 6.45) is 3.34. The van der Waals surface area contributed by atoms with Gasteiger partial charge >= 0.3 is 0 Å². The topological polar surface area (TPSA) is 47.6 Å². The summed E-state index contributed by atoms with van der Waals surface area (Å²) >= 11 is 0. The number of carbonyl (C=O) groups excluding carboxylic acids is 1. The number of nitrogens with one attached hydrogen (secondary N) is 1. The average Bonchev–Trinajstić information content (AvgIpc) is 2.62. The Morgan fingerprint density at radius 1 is 1.04 bits per heavy atom. The van der Waals surface area contributed by atoms with E-state index in [1.165, 1.54) is 0 Å². The molecule has 0 fully saturated rings. The predicted octanol–water partition coefficient (Wildman–Crippen LogP) is 4.37. The van der Waals surface area contributed by atoms with Gasteiger partial charge in [0.25, 0.3) is 0 Å². The average molecular weight is 339 g/mol. The summed E-state index contributed by atoms with van der Waals surface area (Å²) < 4.78 is 11.2. The van der Waals surface area contributed by atoms with Gasteiger partial charge in [-0.3, -0.25) is 4.79 Å². The lowest BCUT2D eigenvalue weighted by molar-refractivity contribution is -0.117. The predicted molar refractivity (Wildman–Crippen MR) is 101 cm³/mol. The summed E-state index contributed by atoms with van der Waals surface area (Å²) in [5.41, 5.74) is 1.96. The van der Waals surface area contributed by atoms with Gasteiger partial charge in [-0.2, -0.15) is 0 Å². The van der Waals surface area contributed by atoms with Crippen LogP contribution in [0.3, 0.4) is 0 Å². The minimum Gasteiger partial charge on any atom is -0.490 e. The minimum absolute atomic E-state index is 0.136. The van der Waals surface area contributed by atoms with Gasteiger partial charge < -0.3 is 14.8 Å². The van der Waals surface area contributed by atoms with E-state index in [1.54, 1.807) is 12.2 Å². The van der Waals surface area contributed by atoms with Crippen LogP contribution in [0.15, 0.2) is 54.6 Å². The van der Waals surface area contributed by atoms with Crippen molar-refractivity contribution in [1.82, 2.24) is 5.32 Å². The lowest BCUT2D eigenvalue weighted by Crippen LogP contribution is -2.24. The van der Waals surface area contributed by atoms with E-state index < -0.39 is 0 Å². The fourth-order valence-corrected chi connectivity index (χ4v) is 2.42. The first kappa shape index (κ1) is 18.6. The number of amides is 1. The van der Waals surface area contributed by atoms with E-state index in [1.807, 2.05) is 69.3 Å². The first-order valence-electron chi connectivity index (χ1n) is 8.57. The molecule has 4 nitrogen and oxygen atoms in total. The highest BCUT2D eigenvalue weighted by molar-refractivity contribution is 5.91. The summed E-state index contributed by atoms with van der Waals surface area (Å²) in [6, 6.07) is 15.3. The normalized spacial score (nSPS) is 12.0. The molecule has 132 valence electrons. The molecule has 0 saturated carbocycles. The second-order valence-corrected chi connectivity index (χ2v) is 5.55. The van der Waals surface area contributed by atoms with Gasteiger partial charge in [0.2, 0.25) is 5.91 Å². The molecule has 0 heterocycles. The van der Waals surface area contributed by atoms with E-state index >= 15 is 0 Å². The van der Waals surface area contributed by atoms with Crippen molar-refractivity contribution in [3.8, 4) is 11.5 Å². The monoisotopic (exact) mass is 339 g/mol. The number of hydrogen-bond donors (Lipinski definition) is 1. The Kier molecular flexibility index (Phi) is 7.08. The van der Waals surface area contributed by atoms with Crippen molar-refractivity contribution < 1.29 is 14.3 Å². The van der Waals surface area contributed by atoms with Crippen LogP contribution in [0.4, 0.5) is 0 Å². The van der Waals surface area contributed by atoms with Gasteiger partial charge in [-0.25, -0.2) is 0 Å². The van der Waals surface area contributed by atoms with E-state index in [0.29, 0.717) is 19.0 Å². The highest BCUT2D eigenvalue weighted by Crippen LogP contribution is 2.30. The number of benzene rings is 2. The zero-order valence-corrected chi connectivity index (χ0v) is 15.0. The van der Waals surface area contributed by atoms with Crippen molar-refractivity contribution in [2.45, 2.75) is 26.8 Å². The standard InChI is InChI=1S/C21H25NO3/c1-4-24-19-13-12-18(15-20(19)25-5-2)16(3)22-21(23)14-11-17-9-7-6-8-10-17/h6-16H,4-5H2,1-3H3,(H,22,23)/b14-11+. The first-order chi connectivity index (χ1) is 12.1. The molecule has 1 atom stereocenters. The molecule has 0 aliphatic rings. The molecule has 0 bridgehead atoms. The second kappa shape index (κ2) is 9.52. The van der Waals surface area contributed by atoms with E-state index in [4.69, 9.17) is 9.47 Å². The van der Waals surface area contributed by atoms with Crippen LogP contribution in [0.25, 0.3) is 6.08 Å². The van der Waals surface area contributed by atoms with Crippen molar-refractivity contribution in [3.05, 3.63) is 65.7 Å².